The van der Waals surface area contributed by atoms with Crippen molar-refractivity contribution in [3.05, 3.63) is 17.5 Å². The van der Waals surface area contributed by atoms with Crippen molar-refractivity contribution in [2.24, 2.45) is 0 Å². The number of nitrogens with zero attached hydrogens (tertiary/aromatic N) is 2. The summed E-state index contributed by atoms with van der Waals surface area (Å²) in [5.41, 5.74) is 2.47. The van der Waals surface area contributed by atoms with Gasteiger partial charge in [-0.1, -0.05) is 13.3 Å². The molecule has 0 aliphatic carbocycles. The molecule has 1 unspecified atom stereocenters. The molecule has 1 aromatic heterocycles. The molecule has 3 heteroatoms. The van der Waals surface area contributed by atoms with Crippen molar-refractivity contribution in [2.75, 3.05) is 0 Å². The number of alkyl halides is 1. The van der Waals surface area contributed by atoms with Gasteiger partial charge in [0.05, 0.1) is 5.69 Å². The van der Waals surface area contributed by atoms with Crippen LogP contribution in [-0.4, -0.2) is 15.2 Å². The quantitative estimate of drug-likeness (QED) is 0.663. The molecular weight excluding hydrogens is 220 g/mol. The van der Waals surface area contributed by atoms with E-state index in [1.54, 1.807) is 0 Å². The van der Waals surface area contributed by atoms with E-state index in [9.17, 15) is 0 Å². The van der Waals surface area contributed by atoms with Gasteiger partial charge in [-0.2, -0.15) is 5.10 Å². The first-order valence-electron chi connectivity index (χ1n) is 6.34. The van der Waals surface area contributed by atoms with Crippen LogP contribution in [0.3, 0.4) is 0 Å². The van der Waals surface area contributed by atoms with Crippen molar-refractivity contribution in [1.29, 1.82) is 0 Å². The van der Waals surface area contributed by atoms with E-state index in [1.807, 2.05) is 0 Å². The van der Waals surface area contributed by atoms with Crippen LogP contribution >= 0.6 is 11.6 Å². The lowest BCUT2D eigenvalue weighted by molar-refractivity contribution is 0.584. The van der Waals surface area contributed by atoms with E-state index in [0.29, 0.717) is 5.38 Å². The largest absolute Gasteiger partial charge is 0.270 e. The standard InChI is InChI=1S/C13H23ClN2/c1-4-7-12(14)8-6-9-13-10-11(3)15-16(13)5-2/h10,12H,4-9H2,1-3H3. The SMILES string of the molecule is CCCC(Cl)CCCc1cc(C)nn1CC. The minimum Gasteiger partial charge on any atom is -0.270 e. The summed E-state index contributed by atoms with van der Waals surface area (Å²) in [4.78, 5) is 0. The fraction of sp³-hybridized carbons (Fsp3) is 0.769. The molecule has 92 valence electrons. The summed E-state index contributed by atoms with van der Waals surface area (Å²) in [6.45, 7) is 7.34. The van der Waals surface area contributed by atoms with Crippen molar-refractivity contribution in [3.63, 3.8) is 0 Å². The van der Waals surface area contributed by atoms with Crippen LogP contribution in [0.1, 0.15) is 50.9 Å². The molecule has 0 saturated carbocycles. The van der Waals surface area contributed by atoms with Crippen molar-refractivity contribution in [3.8, 4) is 0 Å². The van der Waals surface area contributed by atoms with Gasteiger partial charge in [0.1, 0.15) is 0 Å². The van der Waals surface area contributed by atoms with Gasteiger partial charge >= 0.3 is 0 Å². The topological polar surface area (TPSA) is 17.8 Å². The van der Waals surface area contributed by atoms with Gasteiger partial charge < -0.3 is 0 Å². The Hall–Kier alpha value is -0.500. The van der Waals surface area contributed by atoms with Gasteiger partial charge in [0.25, 0.3) is 0 Å². The van der Waals surface area contributed by atoms with Crippen LogP contribution in [-0.2, 0) is 13.0 Å². The van der Waals surface area contributed by atoms with Crippen molar-refractivity contribution < 1.29 is 0 Å². The van der Waals surface area contributed by atoms with Gasteiger partial charge in [-0.15, -0.1) is 11.6 Å². The van der Waals surface area contributed by atoms with E-state index in [0.717, 1.165) is 31.5 Å². The van der Waals surface area contributed by atoms with Crippen molar-refractivity contribution in [2.45, 2.75) is 64.8 Å². The summed E-state index contributed by atoms with van der Waals surface area (Å²) in [7, 11) is 0. The fourth-order valence-electron chi connectivity index (χ4n) is 2.04. The van der Waals surface area contributed by atoms with Crippen LogP contribution < -0.4 is 0 Å². The lowest BCUT2D eigenvalue weighted by Gasteiger charge is -2.08. The van der Waals surface area contributed by atoms with Gasteiger partial charge in [0.2, 0.25) is 0 Å². The smallest absolute Gasteiger partial charge is 0.0596 e. The lowest BCUT2D eigenvalue weighted by Crippen LogP contribution is -2.04. The minimum absolute atomic E-state index is 0.351. The number of hydrogen-bond donors (Lipinski definition) is 0. The molecule has 1 rings (SSSR count). The van der Waals surface area contributed by atoms with E-state index < -0.39 is 0 Å². The Kier molecular flexibility index (Phi) is 5.89. The molecule has 0 aliphatic heterocycles. The van der Waals surface area contributed by atoms with Crippen molar-refractivity contribution >= 4 is 11.6 Å². The summed E-state index contributed by atoms with van der Waals surface area (Å²) in [6.07, 6.45) is 5.69. The predicted molar refractivity (Wildman–Crippen MR) is 70.1 cm³/mol. The highest BCUT2D eigenvalue weighted by molar-refractivity contribution is 6.20. The third-order valence-electron chi connectivity index (χ3n) is 2.84. The molecule has 0 spiro atoms. The average molecular weight is 243 g/mol. The molecule has 2 nitrogen and oxygen atoms in total. The molecule has 0 aromatic carbocycles. The maximum Gasteiger partial charge on any atom is 0.0596 e. The zero-order valence-electron chi connectivity index (χ0n) is 10.7. The van der Waals surface area contributed by atoms with Gasteiger partial charge in [0.15, 0.2) is 0 Å². The van der Waals surface area contributed by atoms with Crippen molar-refractivity contribution in [1.82, 2.24) is 9.78 Å². The molecule has 0 aliphatic rings. The molecule has 1 heterocycles. The second kappa shape index (κ2) is 6.95. The van der Waals surface area contributed by atoms with Crippen LogP contribution in [0, 0.1) is 6.92 Å². The summed E-state index contributed by atoms with van der Waals surface area (Å²) >= 11 is 6.20. The Labute approximate surface area is 104 Å². The van der Waals surface area contributed by atoms with Crippen LogP contribution in [0.25, 0.3) is 0 Å². The van der Waals surface area contributed by atoms with Crippen LogP contribution in [0.15, 0.2) is 6.07 Å². The fourth-order valence-corrected chi connectivity index (χ4v) is 2.41. The van der Waals surface area contributed by atoms with E-state index in [-0.39, 0.29) is 0 Å². The molecule has 1 aromatic rings. The molecule has 0 bridgehead atoms. The Morgan fingerprint density at radius 3 is 2.75 bits per heavy atom. The van der Waals surface area contributed by atoms with Crippen LogP contribution in [0.5, 0.6) is 0 Å². The third kappa shape index (κ3) is 4.17. The molecular formula is C13H23ClN2. The summed E-state index contributed by atoms with van der Waals surface area (Å²) < 4.78 is 2.10. The lowest BCUT2D eigenvalue weighted by atomic mass is 10.1. The molecule has 0 amide bonds. The number of halogens is 1. The van der Waals surface area contributed by atoms with Gasteiger partial charge in [-0.25, -0.2) is 0 Å². The number of rotatable bonds is 7. The molecule has 0 N–H and O–H groups in total. The maximum absolute atomic E-state index is 6.20. The average Bonchev–Trinajstić information content (AvgIpc) is 2.59. The number of aromatic nitrogens is 2. The van der Waals surface area contributed by atoms with E-state index >= 15 is 0 Å². The van der Waals surface area contributed by atoms with Crippen LogP contribution in [0.2, 0.25) is 0 Å². The normalized spacial score (nSPS) is 13.0. The van der Waals surface area contributed by atoms with E-state index in [2.05, 4.69) is 36.6 Å². The molecule has 0 saturated heterocycles. The maximum atomic E-state index is 6.20. The first kappa shape index (κ1) is 13.6. The first-order chi connectivity index (χ1) is 7.67. The van der Waals surface area contributed by atoms with Crippen LogP contribution in [0.4, 0.5) is 0 Å². The zero-order chi connectivity index (χ0) is 12.0. The highest BCUT2D eigenvalue weighted by Crippen LogP contribution is 2.15. The van der Waals surface area contributed by atoms with Gasteiger partial charge in [-0.05, 0) is 45.6 Å². The Morgan fingerprint density at radius 1 is 1.38 bits per heavy atom. The number of aryl methyl sites for hydroxylation is 3. The second-order valence-electron chi connectivity index (χ2n) is 4.37. The Balaban J connectivity index is 2.36. The molecule has 16 heavy (non-hydrogen) atoms. The minimum atomic E-state index is 0.351. The summed E-state index contributed by atoms with van der Waals surface area (Å²) in [5.74, 6) is 0. The second-order valence-corrected chi connectivity index (χ2v) is 4.99. The number of hydrogen-bond acceptors (Lipinski definition) is 1. The monoisotopic (exact) mass is 242 g/mol. The van der Waals surface area contributed by atoms with Gasteiger partial charge in [0, 0.05) is 17.6 Å². The highest BCUT2D eigenvalue weighted by Gasteiger charge is 2.06. The molecule has 0 radical (unpaired) electrons. The van der Waals surface area contributed by atoms with Gasteiger partial charge in [-0.3, -0.25) is 4.68 Å². The molecule has 1 atom stereocenters. The predicted octanol–water partition coefficient (Wildman–Crippen LogP) is 3.94. The first-order valence-corrected chi connectivity index (χ1v) is 6.78. The van der Waals surface area contributed by atoms with E-state index in [4.69, 9.17) is 11.6 Å². The highest BCUT2D eigenvalue weighted by atomic mass is 35.5. The Morgan fingerprint density at radius 2 is 2.12 bits per heavy atom. The molecule has 0 fully saturated rings. The summed E-state index contributed by atoms with van der Waals surface area (Å²) in [6, 6.07) is 2.19. The zero-order valence-corrected chi connectivity index (χ0v) is 11.4. The van der Waals surface area contributed by atoms with E-state index in [1.165, 1.54) is 18.5 Å². The Bertz CT molecular complexity index is 307. The summed E-state index contributed by atoms with van der Waals surface area (Å²) in [5, 5.41) is 4.80. The third-order valence-corrected chi connectivity index (χ3v) is 3.27.